The van der Waals surface area contributed by atoms with Crippen molar-refractivity contribution >= 4 is 5.95 Å². The van der Waals surface area contributed by atoms with E-state index in [0.717, 1.165) is 6.20 Å². The topological polar surface area (TPSA) is 68.5 Å². The Morgan fingerprint density at radius 2 is 2.40 bits per heavy atom. The molecule has 6 nitrogen and oxygen atoms in total. The molecule has 0 aliphatic rings. The van der Waals surface area contributed by atoms with Crippen LogP contribution in [0.5, 0.6) is 0 Å². The van der Waals surface area contributed by atoms with Crippen LogP contribution in [-0.4, -0.2) is 31.3 Å². The van der Waals surface area contributed by atoms with Crippen molar-refractivity contribution in [1.29, 1.82) is 0 Å². The van der Waals surface area contributed by atoms with E-state index < -0.39 is 5.82 Å². The van der Waals surface area contributed by atoms with Gasteiger partial charge >= 0.3 is 0 Å². The first kappa shape index (κ1) is 9.50. The number of hydrogen-bond acceptors (Lipinski definition) is 5. The second kappa shape index (κ2) is 3.99. The van der Waals surface area contributed by atoms with Crippen LogP contribution >= 0.6 is 0 Å². The second-order valence-electron chi connectivity index (χ2n) is 2.74. The van der Waals surface area contributed by atoms with E-state index in [-0.39, 0.29) is 5.82 Å². The Hall–Kier alpha value is -2.05. The molecule has 2 aromatic heterocycles. The Bertz CT molecular complexity index is 440. The molecule has 0 saturated carbocycles. The fourth-order valence-corrected chi connectivity index (χ4v) is 1.08. The highest BCUT2D eigenvalue weighted by Crippen LogP contribution is 2.09. The van der Waals surface area contributed by atoms with E-state index in [4.69, 9.17) is 0 Å². The summed E-state index contributed by atoms with van der Waals surface area (Å²) in [6.45, 7) is 2.57. The van der Waals surface area contributed by atoms with Crippen molar-refractivity contribution in [1.82, 2.24) is 24.7 Å². The summed E-state index contributed by atoms with van der Waals surface area (Å²) in [6.07, 6.45) is 3.79. The van der Waals surface area contributed by atoms with Crippen LogP contribution in [0.3, 0.4) is 0 Å². The highest BCUT2D eigenvalue weighted by molar-refractivity contribution is 5.31. The van der Waals surface area contributed by atoms with Gasteiger partial charge in [0.1, 0.15) is 12.7 Å². The number of aromatic nitrogens is 5. The standard InChI is InChI=1S/C8H9FN6/c1-2-11-8-12-3-6(9)7(14-8)15-5-10-4-13-15/h3-5H,2H2,1H3,(H,11,12,14). The summed E-state index contributed by atoms with van der Waals surface area (Å²) < 4.78 is 14.6. The van der Waals surface area contributed by atoms with Gasteiger partial charge in [0, 0.05) is 6.54 Å². The summed E-state index contributed by atoms with van der Waals surface area (Å²) >= 11 is 0. The molecular weight excluding hydrogens is 199 g/mol. The molecular formula is C8H9FN6. The molecule has 0 bridgehead atoms. The Balaban J connectivity index is 2.41. The molecule has 2 heterocycles. The molecule has 2 aromatic rings. The number of rotatable bonds is 3. The van der Waals surface area contributed by atoms with E-state index in [1.807, 2.05) is 6.92 Å². The van der Waals surface area contributed by atoms with Crippen LogP contribution in [0, 0.1) is 5.82 Å². The molecule has 78 valence electrons. The molecule has 2 rings (SSSR count). The normalized spacial score (nSPS) is 10.3. The van der Waals surface area contributed by atoms with Gasteiger partial charge in [0.25, 0.3) is 0 Å². The van der Waals surface area contributed by atoms with Crippen molar-refractivity contribution in [3.8, 4) is 5.82 Å². The van der Waals surface area contributed by atoms with E-state index in [1.165, 1.54) is 17.3 Å². The van der Waals surface area contributed by atoms with Crippen LogP contribution in [0.4, 0.5) is 10.3 Å². The van der Waals surface area contributed by atoms with Crippen molar-refractivity contribution in [2.45, 2.75) is 6.92 Å². The van der Waals surface area contributed by atoms with Crippen LogP contribution < -0.4 is 5.32 Å². The summed E-state index contributed by atoms with van der Waals surface area (Å²) in [5, 5.41) is 6.68. The third kappa shape index (κ3) is 1.90. The third-order valence-corrected chi connectivity index (χ3v) is 1.70. The minimum absolute atomic E-state index is 0.0819. The third-order valence-electron chi connectivity index (χ3n) is 1.70. The summed E-state index contributed by atoms with van der Waals surface area (Å²) in [6, 6.07) is 0. The maximum atomic E-state index is 13.3. The number of nitrogens with zero attached hydrogens (tertiary/aromatic N) is 5. The molecule has 0 spiro atoms. The zero-order chi connectivity index (χ0) is 10.7. The van der Waals surface area contributed by atoms with Gasteiger partial charge in [-0.25, -0.2) is 14.4 Å². The predicted octanol–water partition coefficient (Wildman–Crippen LogP) is 0.628. The lowest BCUT2D eigenvalue weighted by Crippen LogP contribution is -2.08. The molecule has 0 amide bonds. The van der Waals surface area contributed by atoms with Crippen LogP contribution in [0.15, 0.2) is 18.9 Å². The molecule has 0 aromatic carbocycles. The Morgan fingerprint density at radius 3 is 3.07 bits per heavy atom. The van der Waals surface area contributed by atoms with Crippen LogP contribution in [0.25, 0.3) is 5.82 Å². The lowest BCUT2D eigenvalue weighted by Gasteiger charge is -2.04. The minimum Gasteiger partial charge on any atom is -0.354 e. The van der Waals surface area contributed by atoms with Gasteiger partial charge in [-0.2, -0.15) is 14.8 Å². The quantitative estimate of drug-likeness (QED) is 0.801. The van der Waals surface area contributed by atoms with E-state index in [2.05, 4.69) is 25.4 Å². The average molecular weight is 208 g/mol. The lowest BCUT2D eigenvalue weighted by atomic mass is 10.5. The fraction of sp³-hybridized carbons (Fsp3) is 0.250. The zero-order valence-electron chi connectivity index (χ0n) is 8.05. The molecule has 0 saturated heterocycles. The minimum atomic E-state index is -0.540. The van der Waals surface area contributed by atoms with Crippen molar-refractivity contribution in [2.75, 3.05) is 11.9 Å². The molecule has 0 aliphatic heterocycles. The largest absolute Gasteiger partial charge is 0.354 e. The number of nitrogens with one attached hydrogen (secondary N) is 1. The van der Waals surface area contributed by atoms with Crippen LogP contribution in [0.2, 0.25) is 0 Å². The van der Waals surface area contributed by atoms with E-state index in [1.54, 1.807) is 0 Å². The Morgan fingerprint density at radius 1 is 1.53 bits per heavy atom. The number of anilines is 1. The molecule has 0 atom stereocenters. The smallest absolute Gasteiger partial charge is 0.224 e. The summed E-state index contributed by atoms with van der Waals surface area (Å²) in [4.78, 5) is 11.5. The molecule has 15 heavy (non-hydrogen) atoms. The summed E-state index contributed by atoms with van der Waals surface area (Å²) in [5.41, 5.74) is 0. The SMILES string of the molecule is CCNc1ncc(F)c(-n2cncn2)n1. The maximum absolute atomic E-state index is 13.3. The van der Waals surface area contributed by atoms with Crippen molar-refractivity contribution < 1.29 is 4.39 Å². The van der Waals surface area contributed by atoms with Gasteiger partial charge in [0.15, 0.2) is 11.6 Å². The lowest BCUT2D eigenvalue weighted by molar-refractivity contribution is 0.593. The highest BCUT2D eigenvalue weighted by Gasteiger charge is 2.08. The van der Waals surface area contributed by atoms with Gasteiger partial charge in [0.05, 0.1) is 6.20 Å². The van der Waals surface area contributed by atoms with Crippen molar-refractivity contribution in [3.63, 3.8) is 0 Å². The van der Waals surface area contributed by atoms with Gasteiger partial charge in [-0.1, -0.05) is 0 Å². The van der Waals surface area contributed by atoms with Gasteiger partial charge in [-0.3, -0.25) is 0 Å². The van der Waals surface area contributed by atoms with Gasteiger partial charge in [-0.05, 0) is 6.92 Å². The molecule has 0 fully saturated rings. The Kier molecular flexibility index (Phi) is 2.53. The van der Waals surface area contributed by atoms with Gasteiger partial charge < -0.3 is 5.32 Å². The first-order valence-corrected chi connectivity index (χ1v) is 4.42. The molecule has 0 unspecified atom stereocenters. The van der Waals surface area contributed by atoms with Crippen molar-refractivity contribution in [3.05, 3.63) is 24.7 Å². The first-order valence-electron chi connectivity index (χ1n) is 4.42. The van der Waals surface area contributed by atoms with Gasteiger partial charge in [0.2, 0.25) is 5.95 Å². The predicted molar refractivity (Wildman–Crippen MR) is 51.1 cm³/mol. The monoisotopic (exact) mass is 208 g/mol. The summed E-state index contributed by atoms with van der Waals surface area (Å²) in [5.74, 6) is -0.0926. The second-order valence-corrected chi connectivity index (χ2v) is 2.74. The highest BCUT2D eigenvalue weighted by atomic mass is 19.1. The summed E-state index contributed by atoms with van der Waals surface area (Å²) in [7, 11) is 0. The van der Waals surface area contributed by atoms with Crippen molar-refractivity contribution in [2.24, 2.45) is 0 Å². The molecule has 0 aliphatic carbocycles. The fourth-order valence-electron chi connectivity index (χ4n) is 1.08. The average Bonchev–Trinajstić information content (AvgIpc) is 2.74. The first-order chi connectivity index (χ1) is 7.31. The molecule has 1 N–H and O–H groups in total. The zero-order valence-corrected chi connectivity index (χ0v) is 8.05. The van der Waals surface area contributed by atoms with Crippen LogP contribution in [-0.2, 0) is 0 Å². The van der Waals surface area contributed by atoms with Crippen LogP contribution in [0.1, 0.15) is 6.92 Å². The van der Waals surface area contributed by atoms with Gasteiger partial charge in [-0.15, -0.1) is 0 Å². The maximum Gasteiger partial charge on any atom is 0.224 e. The number of hydrogen-bond donors (Lipinski definition) is 1. The van der Waals surface area contributed by atoms with E-state index in [9.17, 15) is 4.39 Å². The number of halogens is 1. The molecule has 7 heteroatoms. The Labute approximate surface area is 85.2 Å². The van der Waals surface area contributed by atoms with E-state index in [0.29, 0.717) is 12.5 Å². The molecule has 0 radical (unpaired) electrons. The van der Waals surface area contributed by atoms with E-state index >= 15 is 0 Å².